The number of rotatable bonds is 4. The van der Waals surface area contributed by atoms with E-state index in [9.17, 15) is 13.0 Å². The van der Waals surface area contributed by atoms with Gasteiger partial charge in [-0.3, -0.25) is 4.21 Å². The van der Waals surface area contributed by atoms with Gasteiger partial charge in [0.15, 0.2) is 11.6 Å². The van der Waals surface area contributed by atoms with Crippen LogP contribution in [-0.4, -0.2) is 16.5 Å². The SMILES string of the molecule is NCCS(=O)Cc1ccc(F)c(F)c1. The molecule has 2 N–H and O–H groups in total. The maximum absolute atomic E-state index is 12.7. The molecule has 0 aliphatic heterocycles. The van der Waals surface area contributed by atoms with E-state index in [-0.39, 0.29) is 5.75 Å². The van der Waals surface area contributed by atoms with Crippen molar-refractivity contribution in [2.24, 2.45) is 5.73 Å². The Morgan fingerprint density at radius 3 is 2.57 bits per heavy atom. The lowest BCUT2D eigenvalue weighted by molar-refractivity contribution is 0.507. The standard InChI is InChI=1S/C9H11F2NOS/c10-8-2-1-7(5-9(8)11)6-14(13)4-3-12/h1-2,5H,3-4,6,12H2. The third-order valence-corrected chi connectivity index (χ3v) is 3.00. The number of hydrogen-bond acceptors (Lipinski definition) is 2. The van der Waals surface area contributed by atoms with Crippen molar-refractivity contribution in [1.82, 2.24) is 0 Å². The van der Waals surface area contributed by atoms with Crippen LogP contribution in [0.3, 0.4) is 0 Å². The van der Waals surface area contributed by atoms with Gasteiger partial charge in [-0.2, -0.15) is 0 Å². The molecule has 0 aliphatic carbocycles. The second-order valence-electron chi connectivity index (χ2n) is 2.83. The molecule has 0 radical (unpaired) electrons. The molecule has 0 heterocycles. The Balaban J connectivity index is 2.68. The smallest absolute Gasteiger partial charge is 0.159 e. The Hall–Kier alpha value is -0.810. The molecule has 5 heteroatoms. The fourth-order valence-corrected chi connectivity index (χ4v) is 1.98. The van der Waals surface area contributed by atoms with Crippen LogP contribution in [-0.2, 0) is 16.6 Å². The monoisotopic (exact) mass is 219 g/mol. The minimum absolute atomic E-state index is 0.217. The molecule has 0 aromatic heterocycles. The summed E-state index contributed by atoms with van der Waals surface area (Å²) in [5, 5.41) is 0. The highest BCUT2D eigenvalue weighted by Crippen LogP contribution is 2.10. The molecular formula is C9H11F2NOS. The predicted octanol–water partition coefficient (Wildman–Crippen LogP) is 1.17. The fraction of sp³-hybridized carbons (Fsp3) is 0.333. The van der Waals surface area contributed by atoms with Crippen molar-refractivity contribution in [3.8, 4) is 0 Å². The van der Waals surface area contributed by atoms with Crippen molar-refractivity contribution in [3.63, 3.8) is 0 Å². The third-order valence-electron chi connectivity index (χ3n) is 1.66. The lowest BCUT2D eigenvalue weighted by atomic mass is 10.2. The van der Waals surface area contributed by atoms with Gasteiger partial charge in [0.1, 0.15) is 0 Å². The molecule has 1 atom stereocenters. The van der Waals surface area contributed by atoms with Crippen molar-refractivity contribution >= 4 is 10.8 Å². The van der Waals surface area contributed by atoms with Crippen LogP contribution in [0.1, 0.15) is 5.56 Å². The minimum Gasteiger partial charge on any atom is -0.330 e. The number of hydrogen-bond donors (Lipinski definition) is 1. The molecule has 0 bridgehead atoms. The first kappa shape index (κ1) is 11.3. The minimum atomic E-state index is -1.10. The molecule has 0 spiro atoms. The highest BCUT2D eigenvalue weighted by Gasteiger charge is 2.05. The van der Waals surface area contributed by atoms with Crippen molar-refractivity contribution < 1.29 is 13.0 Å². The average Bonchev–Trinajstić information content (AvgIpc) is 2.12. The topological polar surface area (TPSA) is 43.1 Å². The molecular weight excluding hydrogens is 208 g/mol. The van der Waals surface area contributed by atoms with E-state index in [4.69, 9.17) is 5.73 Å². The van der Waals surface area contributed by atoms with Crippen molar-refractivity contribution in [2.45, 2.75) is 5.75 Å². The molecule has 2 nitrogen and oxygen atoms in total. The zero-order valence-corrected chi connectivity index (χ0v) is 8.32. The third kappa shape index (κ3) is 3.16. The van der Waals surface area contributed by atoms with E-state index in [1.54, 1.807) is 0 Å². The van der Waals surface area contributed by atoms with Crippen molar-refractivity contribution in [2.75, 3.05) is 12.3 Å². The van der Waals surface area contributed by atoms with Gasteiger partial charge in [0.05, 0.1) is 0 Å². The highest BCUT2D eigenvalue weighted by molar-refractivity contribution is 7.84. The van der Waals surface area contributed by atoms with Gasteiger partial charge in [0.2, 0.25) is 0 Å². The Bertz CT molecular complexity index is 344. The van der Waals surface area contributed by atoms with Crippen LogP contribution in [0, 0.1) is 11.6 Å². The first-order valence-corrected chi connectivity index (χ1v) is 5.61. The van der Waals surface area contributed by atoms with E-state index in [2.05, 4.69) is 0 Å². The van der Waals surface area contributed by atoms with Gasteiger partial charge < -0.3 is 5.73 Å². The summed E-state index contributed by atoms with van der Waals surface area (Å²) in [6.07, 6.45) is 0. The number of nitrogens with two attached hydrogens (primary N) is 1. The summed E-state index contributed by atoms with van der Waals surface area (Å²) < 4.78 is 36.5. The molecule has 1 aromatic carbocycles. The van der Waals surface area contributed by atoms with Crippen LogP contribution in [0.2, 0.25) is 0 Å². The first-order chi connectivity index (χ1) is 6.63. The maximum Gasteiger partial charge on any atom is 0.159 e. The Labute approximate surface area is 83.6 Å². The second kappa shape index (κ2) is 5.17. The van der Waals surface area contributed by atoms with Gasteiger partial charge in [-0.25, -0.2) is 8.78 Å². The van der Waals surface area contributed by atoms with Gasteiger partial charge in [0.25, 0.3) is 0 Å². The van der Waals surface area contributed by atoms with E-state index in [1.165, 1.54) is 6.07 Å². The van der Waals surface area contributed by atoms with Gasteiger partial charge in [-0.1, -0.05) is 6.07 Å². The summed E-state index contributed by atoms with van der Waals surface area (Å²) in [5.74, 6) is -1.21. The first-order valence-electron chi connectivity index (χ1n) is 4.12. The second-order valence-corrected chi connectivity index (χ2v) is 4.40. The Morgan fingerprint density at radius 2 is 2.00 bits per heavy atom. The van der Waals surface area contributed by atoms with E-state index in [1.807, 2.05) is 0 Å². The highest BCUT2D eigenvalue weighted by atomic mass is 32.2. The molecule has 0 saturated carbocycles. The molecule has 0 aliphatic rings. The van der Waals surface area contributed by atoms with E-state index in [0.29, 0.717) is 17.9 Å². The largest absolute Gasteiger partial charge is 0.330 e. The predicted molar refractivity (Wildman–Crippen MR) is 52.1 cm³/mol. The summed E-state index contributed by atoms with van der Waals surface area (Å²) in [4.78, 5) is 0. The fourth-order valence-electron chi connectivity index (χ4n) is 1.02. The van der Waals surface area contributed by atoms with Crippen molar-refractivity contribution in [1.29, 1.82) is 0 Å². The van der Waals surface area contributed by atoms with E-state index in [0.717, 1.165) is 12.1 Å². The molecule has 1 aromatic rings. The Kier molecular flexibility index (Phi) is 4.16. The average molecular weight is 219 g/mol. The summed E-state index contributed by atoms with van der Waals surface area (Å²) in [6.45, 7) is 0.330. The molecule has 1 unspecified atom stereocenters. The molecule has 0 amide bonds. The van der Waals surface area contributed by atoms with E-state index >= 15 is 0 Å². The molecule has 0 saturated heterocycles. The van der Waals surface area contributed by atoms with Crippen LogP contribution in [0.25, 0.3) is 0 Å². The molecule has 78 valence electrons. The normalized spacial score (nSPS) is 12.8. The molecule has 14 heavy (non-hydrogen) atoms. The van der Waals surface area contributed by atoms with Gasteiger partial charge in [-0.05, 0) is 17.7 Å². The van der Waals surface area contributed by atoms with Crippen molar-refractivity contribution in [3.05, 3.63) is 35.4 Å². The van der Waals surface area contributed by atoms with Gasteiger partial charge >= 0.3 is 0 Å². The van der Waals surface area contributed by atoms with Gasteiger partial charge in [0, 0.05) is 28.9 Å². The van der Waals surface area contributed by atoms with Crippen LogP contribution in [0.5, 0.6) is 0 Å². The van der Waals surface area contributed by atoms with Gasteiger partial charge in [-0.15, -0.1) is 0 Å². The van der Waals surface area contributed by atoms with E-state index < -0.39 is 22.4 Å². The molecule has 1 rings (SSSR count). The van der Waals surface area contributed by atoms with Crippen LogP contribution in [0.4, 0.5) is 8.78 Å². The Morgan fingerprint density at radius 1 is 1.29 bits per heavy atom. The summed E-state index contributed by atoms with van der Waals surface area (Å²) in [5.41, 5.74) is 5.73. The summed E-state index contributed by atoms with van der Waals surface area (Å²) in [7, 11) is -1.10. The van der Waals surface area contributed by atoms with Crippen LogP contribution < -0.4 is 5.73 Å². The number of benzene rings is 1. The maximum atomic E-state index is 12.7. The lowest BCUT2D eigenvalue weighted by Crippen LogP contribution is -2.11. The number of halogens is 2. The van der Waals surface area contributed by atoms with Crippen LogP contribution in [0.15, 0.2) is 18.2 Å². The summed E-state index contributed by atoms with van der Waals surface area (Å²) in [6, 6.07) is 3.51. The molecule has 0 fully saturated rings. The van der Waals surface area contributed by atoms with Crippen LogP contribution >= 0.6 is 0 Å². The zero-order chi connectivity index (χ0) is 10.6. The summed E-state index contributed by atoms with van der Waals surface area (Å²) >= 11 is 0. The quantitative estimate of drug-likeness (QED) is 0.826. The lowest BCUT2D eigenvalue weighted by Gasteiger charge is -2.01. The zero-order valence-electron chi connectivity index (χ0n) is 7.50.